The Morgan fingerprint density at radius 1 is 1.32 bits per heavy atom. The number of hydrogen-bond acceptors (Lipinski definition) is 4. The Kier molecular flexibility index (Phi) is 3.49. The van der Waals surface area contributed by atoms with Crippen LogP contribution in [-0.2, 0) is 10.3 Å². The van der Waals surface area contributed by atoms with Crippen molar-refractivity contribution >= 4 is 17.6 Å². The highest BCUT2D eigenvalue weighted by atomic mass is 19.1. The summed E-state index contributed by atoms with van der Waals surface area (Å²) < 4.78 is 20.1. The molecule has 0 aromatic heterocycles. The molecule has 1 aliphatic carbocycles. The van der Waals surface area contributed by atoms with Crippen molar-refractivity contribution in [3.63, 3.8) is 0 Å². The lowest BCUT2D eigenvalue weighted by atomic mass is 9.86. The van der Waals surface area contributed by atoms with E-state index in [0.29, 0.717) is 16.8 Å². The molecule has 1 unspecified atom stereocenters. The van der Waals surface area contributed by atoms with Gasteiger partial charge in [-0.25, -0.2) is 9.38 Å². The fraction of sp³-hybridized carbons (Fsp3) is 0.263. The lowest BCUT2D eigenvalue weighted by Crippen LogP contribution is -2.41. The number of aliphatic imine (C=N–C) groups is 1. The third-order valence-electron chi connectivity index (χ3n) is 4.84. The highest BCUT2D eigenvalue weighted by Gasteiger charge is 2.57. The SMILES string of the molecule is C[C@@]1(c2cc(N)ccc2F)N=C(NC(=O)c2ccccc2)O[C@@H]2CC21. The van der Waals surface area contributed by atoms with Crippen LogP contribution in [0.4, 0.5) is 10.1 Å². The maximum atomic E-state index is 14.4. The average Bonchev–Trinajstić information content (AvgIpc) is 3.38. The van der Waals surface area contributed by atoms with E-state index >= 15 is 0 Å². The molecule has 0 bridgehead atoms. The van der Waals surface area contributed by atoms with Crippen LogP contribution in [-0.4, -0.2) is 18.0 Å². The number of nitrogen functional groups attached to an aromatic ring is 1. The largest absolute Gasteiger partial charge is 0.461 e. The molecule has 2 aromatic rings. The number of nitrogens with two attached hydrogens (primary N) is 1. The van der Waals surface area contributed by atoms with E-state index in [1.54, 1.807) is 30.3 Å². The van der Waals surface area contributed by atoms with Gasteiger partial charge in [-0.15, -0.1) is 0 Å². The molecule has 0 saturated heterocycles. The second-order valence-electron chi connectivity index (χ2n) is 6.62. The molecule has 5 nitrogen and oxygen atoms in total. The van der Waals surface area contributed by atoms with Gasteiger partial charge >= 0.3 is 0 Å². The van der Waals surface area contributed by atoms with E-state index < -0.39 is 5.54 Å². The van der Waals surface area contributed by atoms with Crippen molar-refractivity contribution in [2.75, 3.05) is 5.73 Å². The molecule has 4 rings (SSSR count). The second-order valence-corrected chi connectivity index (χ2v) is 6.62. The third kappa shape index (κ3) is 2.73. The molecule has 3 atom stereocenters. The molecule has 128 valence electrons. The maximum absolute atomic E-state index is 14.4. The molecule has 2 aromatic carbocycles. The number of amidine groups is 1. The first-order chi connectivity index (χ1) is 12.0. The average molecular weight is 339 g/mol. The Bertz CT molecular complexity index is 868. The minimum absolute atomic E-state index is 0.0705. The predicted molar refractivity (Wildman–Crippen MR) is 92.5 cm³/mol. The van der Waals surface area contributed by atoms with E-state index in [4.69, 9.17) is 10.5 Å². The number of anilines is 1. The monoisotopic (exact) mass is 339 g/mol. The number of carbonyl (C=O) groups excluding carboxylic acids is 1. The first kappa shape index (κ1) is 15.6. The van der Waals surface area contributed by atoms with Gasteiger partial charge in [0.25, 0.3) is 11.9 Å². The van der Waals surface area contributed by atoms with Crippen LogP contribution in [0.3, 0.4) is 0 Å². The van der Waals surface area contributed by atoms with Crippen LogP contribution in [0, 0.1) is 11.7 Å². The van der Waals surface area contributed by atoms with Crippen LogP contribution in [0.25, 0.3) is 0 Å². The van der Waals surface area contributed by atoms with Crippen molar-refractivity contribution in [1.29, 1.82) is 0 Å². The van der Waals surface area contributed by atoms with E-state index in [2.05, 4.69) is 10.3 Å². The van der Waals surface area contributed by atoms with Crippen LogP contribution in [0.15, 0.2) is 53.5 Å². The summed E-state index contributed by atoms with van der Waals surface area (Å²) in [5.41, 5.74) is 6.42. The van der Waals surface area contributed by atoms with Crippen molar-refractivity contribution in [1.82, 2.24) is 5.32 Å². The van der Waals surface area contributed by atoms with Gasteiger partial charge in [0, 0.05) is 22.7 Å². The number of ether oxygens (including phenoxy) is 1. The summed E-state index contributed by atoms with van der Waals surface area (Å²) in [6, 6.07) is 13.4. The van der Waals surface area contributed by atoms with Crippen molar-refractivity contribution in [3.8, 4) is 0 Å². The molecule has 3 N–H and O–H groups in total. The van der Waals surface area contributed by atoms with E-state index in [9.17, 15) is 9.18 Å². The number of benzene rings is 2. The van der Waals surface area contributed by atoms with Crippen LogP contribution in [0.1, 0.15) is 29.3 Å². The smallest absolute Gasteiger partial charge is 0.292 e. The molecule has 1 amide bonds. The number of carbonyl (C=O) groups is 1. The van der Waals surface area contributed by atoms with Gasteiger partial charge in [0.05, 0.1) is 5.54 Å². The first-order valence-corrected chi connectivity index (χ1v) is 8.16. The Labute approximate surface area is 144 Å². The number of nitrogens with zero attached hydrogens (tertiary/aromatic N) is 1. The molecule has 1 fully saturated rings. The summed E-state index contributed by atoms with van der Waals surface area (Å²) in [4.78, 5) is 16.9. The zero-order valence-corrected chi connectivity index (χ0v) is 13.7. The van der Waals surface area contributed by atoms with E-state index in [-0.39, 0.29) is 29.8 Å². The van der Waals surface area contributed by atoms with Crippen molar-refractivity contribution in [2.24, 2.45) is 10.9 Å². The number of halogens is 1. The summed E-state index contributed by atoms with van der Waals surface area (Å²) in [6.45, 7) is 1.85. The van der Waals surface area contributed by atoms with Crippen molar-refractivity contribution in [3.05, 3.63) is 65.5 Å². The van der Waals surface area contributed by atoms with Gasteiger partial charge in [-0.3, -0.25) is 10.1 Å². The van der Waals surface area contributed by atoms with Gasteiger partial charge in [-0.2, -0.15) is 0 Å². The number of amides is 1. The van der Waals surface area contributed by atoms with E-state index in [1.165, 1.54) is 12.1 Å². The summed E-state index contributed by atoms with van der Waals surface area (Å²) in [5.74, 6) is -0.600. The minimum atomic E-state index is -0.818. The van der Waals surface area contributed by atoms with Crippen molar-refractivity contribution in [2.45, 2.75) is 25.0 Å². The Morgan fingerprint density at radius 3 is 2.84 bits per heavy atom. The summed E-state index contributed by atoms with van der Waals surface area (Å²) in [6.07, 6.45) is 0.688. The van der Waals surface area contributed by atoms with E-state index in [0.717, 1.165) is 6.42 Å². The van der Waals surface area contributed by atoms with Crippen LogP contribution >= 0.6 is 0 Å². The molecular formula is C19H18FN3O2. The van der Waals surface area contributed by atoms with Gasteiger partial charge in [-0.1, -0.05) is 18.2 Å². The van der Waals surface area contributed by atoms with Gasteiger partial charge in [0.15, 0.2) is 0 Å². The normalized spacial score (nSPS) is 26.9. The fourth-order valence-corrected chi connectivity index (χ4v) is 3.36. The number of nitrogens with one attached hydrogen (secondary N) is 1. The topological polar surface area (TPSA) is 76.7 Å². The summed E-state index contributed by atoms with van der Waals surface area (Å²) in [5, 5.41) is 2.69. The lowest BCUT2D eigenvalue weighted by Gasteiger charge is -2.31. The molecule has 1 saturated carbocycles. The highest BCUT2D eigenvalue weighted by Crippen LogP contribution is 2.53. The molecule has 6 heteroatoms. The molecule has 2 aliphatic rings. The molecular weight excluding hydrogens is 321 g/mol. The lowest BCUT2D eigenvalue weighted by molar-refractivity contribution is 0.0956. The molecule has 0 radical (unpaired) electrons. The van der Waals surface area contributed by atoms with E-state index in [1.807, 2.05) is 13.0 Å². The third-order valence-corrected chi connectivity index (χ3v) is 4.84. The van der Waals surface area contributed by atoms with Crippen LogP contribution in [0.5, 0.6) is 0 Å². The Morgan fingerprint density at radius 2 is 2.08 bits per heavy atom. The number of rotatable bonds is 2. The fourth-order valence-electron chi connectivity index (χ4n) is 3.36. The van der Waals surface area contributed by atoms with Crippen molar-refractivity contribution < 1.29 is 13.9 Å². The van der Waals surface area contributed by atoms with Gasteiger partial charge in [0.1, 0.15) is 11.9 Å². The number of fused-ring (bicyclic) bond motifs is 1. The van der Waals surface area contributed by atoms with Gasteiger partial charge in [-0.05, 0) is 43.7 Å². The van der Waals surface area contributed by atoms with Crippen LogP contribution < -0.4 is 11.1 Å². The Hall–Kier alpha value is -2.89. The summed E-state index contributed by atoms with van der Waals surface area (Å²) >= 11 is 0. The predicted octanol–water partition coefficient (Wildman–Crippen LogP) is 2.83. The minimum Gasteiger partial charge on any atom is -0.461 e. The zero-order valence-electron chi connectivity index (χ0n) is 13.7. The second kappa shape index (κ2) is 5.58. The van der Waals surface area contributed by atoms with Crippen LogP contribution in [0.2, 0.25) is 0 Å². The van der Waals surface area contributed by atoms with Gasteiger partial charge < -0.3 is 10.5 Å². The molecule has 0 spiro atoms. The van der Waals surface area contributed by atoms with Gasteiger partial charge in [0.2, 0.25) is 0 Å². The number of hydrogen-bond donors (Lipinski definition) is 2. The molecule has 1 aliphatic heterocycles. The Balaban J connectivity index is 1.66. The zero-order chi connectivity index (χ0) is 17.6. The molecule has 25 heavy (non-hydrogen) atoms. The maximum Gasteiger partial charge on any atom is 0.292 e. The molecule has 1 heterocycles. The summed E-state index contributed by atoms with van der Waals surface area (Å²) in [7, 11) is 0. The quantitative estimate of drug-likeness (QED) is 0.826. The standard InChI is InChI=1S/C19H18FN3O2/c1-19(13-9-12(21)7-8-15(13)20)14-10-16(14)25-18(23-19)22-17(24)11-5-3-2-4-6-11/h2-9,14,16H,10,21H2,1H3,(H,22,23,24)/t14?,16-,19+/m1/s1. The highest BCUT2D eigenvalue weighted by molar-refractivity contribution is 6.04. The first-order valence-electron chi connectivity index (χ1n) is 8.16.